The molecule has 3 aromatic carbocycles. The minimum atomic E-state index is -0.690. The fourth-order valence-corrected chi connectivity index (χ4v) is 6.34. The van der Waals surface area contributed by atoms with Crippen LogP contribution in [-0.2, 0) is 9.53 Å². The largest absolute Gasteiger partial charge is 0.463 e. The second-order valence-electron chi connectivity index (χ2n) is 9.53. The van der Waals surface area contributed by atoms with Crippen LogP contribution in [0.5, 0.6) is 0 Å². The maximum atomic E-state index is 14.0. The second kappa shape index (κ2) is 10.4. The number of carbonyl (C=O) groups is 1. The SMILES string of the molecule is CCOC(=O)C1=C(C)N=c2s/c(=C\c3ccc(-c4cc(Cl)ccc4C)o3)c(=O)n2[C@H]1c1cccc2ccccc12. The molecule has 1 aliphatic rings. The molecule has 6 nitrogen and oxygen atoms in total. The Morgan fingerprint density at radius 1 is 1.10 bits per heavy atom. The zero-order valence-electron chi connectivity index (χ0n) is 22.1. The molecule has 0 spiro atoms. The van der Waals surface area contributed by atoms with Crippen LogP contribution < -0.4 is 14.9 Å². The lowest BCUT2D eigenvalue weighted by Gasteiger charge is -2.25. The molecule has 3 heterocycles. The molecule has 0 radical (unpaired) electrons. The first-order valence-electron chi connectivity index (χ1n) is 12.9. The van der Waals surface area contributed by atoms with Crippen LogP contribution in [0.4, 0.5) is 0 Å². The van der Waals surface area contributed by atoms with E-state index in [4.69, 9.17) is 20.8 Å². The molecule has 0 aliphatic carbocycles. The highest BCUT2D eigenvalue weighted by Crippen LogP contribution is 2.35. The molecule has 6 rings (SSSR count). The Balaban J connectivity index is 1.53. The fraction of sp³-hybridized carbons (Fsp3) is 0.156. The maximum absolute atomic E-state index is 14.0. The Labute approximate surface area is 239 Å². The van der Waals surface area contributed by atoms with Gasteiger partial charge in [0.15, 0.2) is 4.80 Å². The summed E-state index contributed by atoms with van der Waals surface area (Å²) >= 11 is 7.47. The van der Waals surface area contributed by atoms with Gasteiger partial charge in [0.05, 0.1) is 28.5 Å². The number of aromatic nitrogens is 1. The number of furan rings is 1. The molecule has 0 saturated heterocycles. The molecule has 0 saturated carbocycles. The number of benzene rings is 3. The van der Waals surface area contributed by atoms with Gasteiger partial charge in [-0.1, -0.05) is 71.5 Å². The lowest BCUT2D eigenvalue weighted by atomic mass is 9.91. The summed E-state index contributed by atoms with van der Waals surface area (Å²) in [5, 5.41) is 2.58. The third-order valence-electron chi connectivity index (χ3n) is 7.00. The highest BCUT2D eigenvalue weighted by atomic mass is 35.5. The van der Waals surface area contributed by atoms with Gasteiger partial charge in [0.2, 0.25) is 0 Å². The van der Waals surface area contributed by atoms with Crippen molar-refractivity contribution in [2.24, 2.45) is 4.99 Å². The Morgan fingerprint density at radius 2 is 1.90 bits per heavy atom. The lowest BCUT2D eigenvalue weighted by Crippen LogP contribution is -2.40. The summed E-state index contributed by atoms with van der Waals surface area (Å²) in [5.74, 6) is 0.708. The predicted molar refractivity (Wildman–Crippen MR) is 158 cm³/mol. The summed E-state index contributed by atoms with van der Waals surface area (Å²) in [6.45, 7) is 5.75. The van der Waals surface area contributed by atoms with Crippen LogP contribution in [0, 0.1) is 6.92 Å². The van der Waals surface area contributed by atoms with Crippen LogP contribution in [-0.4, -0.2) is 17.1 Å². The Bertz CT molecular complexity index is 2010. The smallest absolute Gasteiger partial charge is 0.338 e. The van der Waals surface area contributed by atoms with Crippen molar-refractivity contribution in [2.75, 3.05) is 6.61 Å². The van der Waals surface area contributed by atoms with Gasteiger partial charge >= 0.3 is 5.97 Å². The number of ether oxygens (including phenoxy) is 1. The minimum absolute atomic E-state index is 0.217. The van der Waals surface area contributed by atoms with Gasteiger partial charge in [0.1, 0.15) is 11.5 Å². The monoisotopic (exact) mass is 568 g/mol. The number of thiazole rings is 1. The average molecular weight is 569 g/mol. The van der Waals surface area contributed by atoms with Gasteiger partial charge in [-0.3, -0.25) is 9.36 Å². The quantitative estimate of drug-likeness (QED) is 0.238. The molecule has 2 aromatic heterocycles. The molecular weight excluding hydrogens is 544 g/mol. The lowest BCUT2D eigenvalue weighted by molar-refractivity contribution is -0.139. The first-order chi connectivity index (χ1) is 19.4. The molecule has 1 aliphatic heterocycles. The summed E-state index contributed by atoms with van der Waals surface area (Å²) in [6.07, 6.45) is 1.72. The Morgan fingerprint density at radius 3 is 2.73 bits per heavy atom. The van der Waals surface area contributed by atoms with Crippen molar-refractivity contribution < 1.29 is 13.9 Å². The van der Waals surface area contributed by atoms with E-state index in [1.165, 1.54) is 11.3 Å². The van der Waals surface area contributed by atoms with E-state index < -0.39 is 12.0 Å². The van der Waals surface area contributed by atoms with Gasteiger partial charge in [-0.05, 0) is 66.9 Å². The van der Waals surface area contributed by atoms with E-state index >= 15 is 0 Å². The van der Waals surface area contributed by atoms with E-state index in [1.54, 1.807) is 24.5 Å². The minimum Gasteiger partial charge on any atom is -0.463 e. The topological polar surface area (TPSA) is 73.8 Å². The zero-order valence-corrected chi connectivity index (χ0v) is 23.7. The number of hydrogen-bond donors (Lipinski definition) is 0. The predicted octanol–water partition coefficient (Wildman–Crippen LogP) is 6.17. The van der Waals surface area contributed by atoms with Crippen LogP contribution in [0.25, 0.3) is 28.2 Å². The van der Waals surface area contributed by atoms with Gasteiger partial charge in [-0.25, -0.2) is 9.79 Å². The highest BCUT2D eigenvalue weighted by Gasteiger charge is 2.34. The molecule has 200 valence electrons. The van der Waals surface area contributed by atoms with Crippen molar-refractivity contribution >= 4 is 45.8 Å². The summed E-state index contributed by atoms with van der Waals surface area (Å²) in [7, 11) is 0. The number of halogens is 1. The van der Waals surface area contributed by atoms with E-state index in [9.17, 15) is 9.59 Å². The summed E-state index contributed by atoms with van der Waals surface area (Å²) in [5.41, 5.74) is 3.38. The summed E-state index contributed by atoms with van der Waals surface area (Å²) in [6, 6.07) is 22.5. The molecule has 1 atom stereocenters. The van der Waals surface area contributed by atoms with Crippen LogP contribution in [0.1, 0.15) is 36.8 Å². The number of fused-ring (bicyclic) bond motifs is 2. The van der Waals surface area contributed by atoms with Crippen molar-refractivity contribution in [3.8, 4) is 11.3 Å². The standard InChI is InChI=1S/C32H25ClN2O4S/c1-4-38-31(37)28-19(3)34-32-35(29(28)24-11-7-9-20-8-5-6-10-23(20)24)30(36)27(40-32)17-22-14-15-26(39-22)25-16-21(33)13-12-18(25)2/h5-17,29H,4H2,1-3H3/b27-17-/t29-/m0/s1. The molecule has 0 unspecified atom stereocenters. The molecule has 40 heavy (non-hydrogen) atoms. The first-order valence-corrected chi connectivity index (χ1v) is 14.1. The molecule has 0 amide bonds. The van der Waals surface area contributed by atoms with Crippen LogP contribution >= 0.6 is 22.9 Å². The third-order valence-corrected chi connectivity index (χ3v) is 8.22. The normalized spacial score (nSPS) is 15.3. The number of nitrogens with zero attached hydrogens (tertiary/aromatic N) is 2. The van der Waals surface area contributed by atoms with Gasteiger partial charge in [-0.15, -0.1) is 0 Å². The Kier molecular flexibility index (Phi) is 6.78. The van der Waals surface area contributed by atoms with Crippen LogP contribution in [0.3, 0.4) is 0 Å². The number of aryl methyl sites for hydroxylation is 1. The number of carbonyl (C=O) groups excluding carboxylic acids is 1. The molecule has 5 aromatic rings. The van der Waals surface area contributed by atoms with Gasteiger partial charge in [0.25, 0.3) is 5.56 Å². The van der Waals surface area contributed by atoms with Crippen molar-refractivity contribution in [3.05, 3.63) is 126 Å². The van der Waals surface area contributed by atoms with Crippen molar-refractivity contribution in [1.29, 1.82) is 0 Å². The van der Waals surface area contributed by atoms with Crippen molar-refractivity contribution in [1.82, 2.24) is 4.57 Å². The van der Waals surface area contributed by atoms with E-state index in [1.807, 2.05) is 79.7 Å². The maximum Gasteiger partial charge on any atom is 0.338 e. The molecule has 0 bridgehead atoms. The Hall–Kier alpha value is -4.20. The molecule has 0 fully saturated rings. The van der Waals surface area contributed by atoms with Gasteiger partial charge in [0, 0.05) is 16.7 Å². The third kappa shape index (κ3) is 4.51. The highest BCUT2D eigenvalue weighted by molar-refractivity contribution is 7.07. The van der Waals surface area contributed by atoms with E-state index in [0.717, 1.165) is 27.5 Å². The summed E-state index contributed by atoms with van der Waals surface area (Å²) in [4.78, 5) is 32.4. The number of rotatable bonds is 5. The number of esters is 1. The van der Waals surface area contributed by atoms with E-state index in [0.29, 0.717) is 37.1 Å². The van der Waals surface area contributed by atoms with E-state index in [-0.39, 0.29) is 12.2 Å². The van der Waals surface area contributed by atoms with Crippen LogP contribution in [0.2, 0.25) is 5.02 Å². The zero-order chi connectivity index (χ0) is 28.0. The first kappa shape index (κ1) is 26.0. The van der Waals surface area contributed by atoms with Crippen LogP contribution in [0.15, 0.2) is 98.3 Å². The van der Waals surface area contributed by atoms with Crippen molar-refractivity contribution in [2.45, 2.75) is 26.8 Å². The molecular formula is C32H25ClN2O4S. The fourth-order valence-electron chi connectivity index (χ4n) is 5.14. The van der Waals surface area contributed by atoms with Crippen molar-refractivity contribution in [3.63, 3.8) is 0 Å². The van der Waals surface area contributed by atoms with E-state index in [2.05, 4.69) is 4.99 Å². The molecule has 0 N–H and O–H groups in total. The second-order valence-corrected chi connectivity index (χ2v) is 11.0. The molecule has 8 heteroatoms. The van der Waals surface area contributed by atoms with Gasteiger partial charge < -0.3 is 9.15 Å². The van der Waals surface area contributed by atoms with Gasteiger partial charge in [-0.2, -0.15) is 0 Å². The number of allylic oxidation sites excluding steroid dienone is 1. The summed E-state index contributed by atoms with van der Waals surface area (Å²) < 4.78 is 13.6. The number of hydrogen-bond acceptors (Lipinski definition) is 6. The average Bonchev–Trinajstić information content (AvgIpc) is 3.53.